The van der Waals surface area contributed by atoms with E-state index in [1.54, 1.807) is 13.1 Å². The molecule has 0 aliphatic heterocycles. The first-order valence-corrected chi connectivity index (χ1v) is 11.7. The fraction of sp³-hybridized carbons (Fsp3) is 0.654. The molecule has 1 heterocycles. The lowest BCUT2D eigenvalue weighted by Crippen LogP contribution is -2.42. The topological polar surface area (TPSA) is 58.3 Å². The Balaban J connectivity index is 1.77. The summed E-state index contributed by atoms with van der Waals surface area (Å²) in [5.74, 6) is 2.40. The smallest absolute Gasteiger partial charge is 0.109 e. The van der Waals surface area contributed by atoms with Crippen LogP contribution in [0, 0.1) is 11.8 Å². The zero-order valence-corrected chi connectivity index (χ0v) is 19.4. The number of aliphatic hydroxyl groups excluding tert-OH is 1. The van der Waals surface area contributed by atoms with Gasteiger partial charge in [-0.3, -0.25) is 0 Å². The number of aliphatic hydroxyl groups is 2. The monoisotopic (exact) mass is 414 g/mol. The first kappa shape index (κ1) is 24.6. The molecule has 1 aromatic heterocycles. The minimum atomic E-state index is -1.08. The number of hydrogen-bond donors (Lipinski definition) is 2. The molecule has 2 N–H and O–H groups in total. The highest BCUT2D eigenvalue weighted by Gasteiger charge is 2.30. The normalized spacial score (nSPS) is 15.8. The lowest BCUT2D eigenvalue weighted by atomic mass is 9.89. The van der Waals surface area contributed by atoms with Crippen molar-refractivity contribution in [3.05, 3.63) is 54.1 Å². The molecule has 2 rings (SSSR count). The number of rotatable bonds is 14. The van der Waals surface area contributed by atoms with Crippen LogP contribution >= 0.6 is 0 Å². The van der Waals surface area contributed by atoms with Crippen LogP contribution in [0.25, 0.3) is 0 Å². The van der Waals surface area contributed by atoms with Crippen LogP contribution in [-0.4, -0.2) is 31.5 Å². The lowest BCUT2D eigenvalue weighted by molar-refractivity contribution is -0.0755. The summed E-state index contributed by atoms with van der Waals surface area (Å²) in [4.78, 5) is 4.46. The molecule has 3 unspecified atom stereocenters. The second-order valence-corrected chi connectivity index (χ2v) is 9.68. The average molecular weight is 415 g/mol. The van der Waals surface area contributed by atoms with E-state index >= 15 is 0 Å². The molecular formula is C26H42N2O2. The highest BCUT2D eigenvalue weighted by atomic mass is 16.3. The van der Waals surface area contributed by atoms with Gasteiger partial charge in [0.25, 0.3) is 0 Å². The highest BCUT2D eigenvalue weighted by Crippen LogP contribution is 2.24. The second kappa shape index (κ2) is 12.3. The van der Waals surface area contributed by atoms with E-state index in [1.807, 2.05) is 29.0 Å². The molecule has 0 amide bonds. The van der Waals surface area contributed by atoms with E-state index in [2.05, 4.69) is 37.9 Å². The summed E-state index contributed by atoms with van der Waals surface area (Å²) in [6, 6.07) is 10.4. The minimum Gasteiger partial charge on any atom is -0.388 e. The Morgan fingerprint density at radius 1 is 1.00 bits per heavy atom. The lowest BCUT2D eigenvalue weighted by Gasteiger charge is -2.30. The Morgan fingerprint density at radius 3 is 2.40 bits per heavy atom. The molecule has 0 saturated heterocycles. The van der Waals surface area contributed by atoms with Gasteiger partial charge >= 0.3 is 0 Å². The molecule has 0 saturated carbocycles. The van der Waals surface area contributed by atoms with Crippen LogP contribution in [0.5, 0.6) is 0 Å². The van der Waals surface area contributed by atoms with Crippen molar-refractivity contribution in [3.8, 4) is 0 Å². The molecule has 0 aliphatic carbocycles. The molecule has 2 aromatic rings. The Kier molecular flexibility index (Phi) is 10.1. The van der Waals surface area contributed by atoms with Gasteiger partial charge in [-0.25, -0.2) is 4.98 Å². The van der Waals surface area contributed by atoms with Gasteiger partial charge in [-0.2, -0.15) is 0 Å². The minimum absolute atomic E-state index is 0.376. The fourth-order valence-electron chi connectivity index (χ4n) is 4.01. The number of benzene rings is 1. The van der Waals surface area contributed by atoms with Crippen LogP contribution in [0.4, 0.5) is 0 Å². The standard InChI is InChI=1S/C26H42N2O2/c1-21(2)10-8-11-22(3)12-9-17-26(4,30)24(29)20-28-19-18-27-25(28)16-15-23-13-6-5-7-14-23/h5-7,13-14,18-19,21-22,24,29-30H,8-12,15-17,20H2,1-4H3. The van der Waals surface area contributed by atoms with Gasteiger partial charge in [-0.1, -0.05) is 83.2 Å². The molecular weight excluding hydrogens is 372 g/mol. The van der Waals surface area contributed by atoms with Crippen LogP contribution in [-0.2, 0) is 19.4 Å². The van der Waals surface area contributed by atoms with Crippen LogP contribution in [0.3, 0.4) is 0 Å². The van der Waals surface area contributed by atoms with Crippen LogP contribution in [0.2, 0.25) is 0 Å². The zero-order chi connectivity index (χ0) is 22.0. The number of hydrogen-bond acceptors (Lipinski definition) is 3. The zero-order valence-electron chi connectivity index (χ0n) is 19.4. The molecule has 0 fully saturated rings. The van der Waals surface area contributed by atoms with Crippen molar-refractivity contribution in [2.75, 3.05) is 0 Å². The number of imidazole rings is 1. The quantitative estimate of drug-likeness (QED) is 0.434. The maximum absolute atomic E-state index is 10.9. The van der Waals surface area contributed by atoms with Crippen molar-refractivity contribution in [1.29, 1.82) is 0 Å². The maximum atomic E-state index is 10.9. The van der Waals surface area contributed by atoms with Gasteiger partial charge in [0.15, 0.2) is 0 Å². The van der Waals surface area contributed by atoms with Crippen molar-refractivity contribution >= 4 is 0 Å². The van der Waals surface area contributed by atoms with Gasteiger partial charge in [0.1, 0.15) is 11.9 Å². The highest BCUT2D eigenvalue weighted by molar-refractivity contribution is 5.15. The third-order valence-corrected chi connectivity index (χ3v) is 6.23. The predicted octanol–water partition coefficient (Wildman–Crippen LogP) is 5.41. The van der Waals surface area contributed by atoms with Crippen LogP contribution in [0.15, 0.2) is 42.7 Å². The van der Waals surface area contributed by atoms with E-state index in [-0.39, 0.29) is 0 Å². The predicted molar refractivity (Wildman–Crippen MR) is 124 cm³/mol. The molecule has 1 aromatic carbocycles. The van der Waals surface area contributed by atoms with Crippen molar-refractivity contribution in [3.63, 3.8) is 0 Å². The van der Waals surface area contributed by atoms with Crippen molar-refractivity contribution in [2.24, 2.45) is 11.8 Å². The van der Waals surface area contributed by atoms with Crippen LogP contribution in [0.1, 0.15) is 77.6 Å². The fourth-order valence-corrected chi connectivity index (χ4v) is 4.01. The van der Waals surface area contributed by atoms with E-state index in [9.17, 15) is 10.2 Å². The molecule has 4 nitrogen and oxygen atoms in total. The average Bonchev–Trinajstić information content (AvgIpc) is 3.13. The summed E-state index contributed by atoms with van der Waals surface area (Å²) in [5.41, 5.74) is 0.195. The van der Waals surface area contributed by atoms with Gasteiger partial charge in [0.2, 0.25) is 0 Å². The third-order valence-electron chi connectivity index (χ3n) is 6.23. The molecule has 30 heavy (non-hydrogen) atoms. The molecule has 0 bridgehead atoms. The first-order chi connectivity index (χ1) is 14.3. The Labute approximate surface area is 183 Å². The first-order valence-electron chi connectivity index (χ1n) is 11.7. The molecule has 0 aliphatic rings. The van der Waals surface area contributed by atoms with Crippen molar-refractivity contribution < 1.29 is 10.2 Å². The number of aryl methyl sites for hydroxylation is 2. The third kappa shape index (κ3) is 8.61. The van der Waals surface area contributed by atoms with Crippen LogP contribution < -0.4 is 0 Å². The Hall–Kier alpha value is -1.65. The van der Waals surface area contributed by atoms with Gasteiger partial charge in [0, 0.05) is 18.8 Å². The second-order valence-electron chi connectivity index (χ2n) is 9.68. The van der Waals surface area contributed by atoms with E-state index < -0.39 is 11.7 Å². The van der Waals surface area contributed by atoms with Gasteiger partial charge in [0.05, 0.1) is 12.1 Å². The molecule has 0 spiro atoms. The maximum Gasteiger partial charge on any atom is 0.109 e. The molecule has 3 atom stereocenters. The summed E-state index contributed by atoms with van der Waals surface area (Å²) >= 11 is 0. The summed E-state index contributed by atoms with van der Waals surface area (Å²) < 4.78 is 1.98. The van der Waals surface area contributed by atoms with Crippen molar-refractivity contribution in [1.82, 2.24) is 9.55 Å². The van der Waals surface area contributed by atoms with Gasteiger partial charge < -0.3 is 14.8 Å². The van der Waals surface area contributed by atoms with Crippen molar-refractivity contribution in [2.45, 2.75) is 97.3 Å². The van der Waals surface area contributed by atoms with E-state index in [1.165, 1.54) is 24.8 Å². The van der Waals surface area contributed by atoms with E-state index in [0.717, 1.165) is 37.4 Å². The van der Waals surface area contributed by atoms with E-state index in [0.29, 0.717) is 18.9 Å². The van der Waals surface area contributed by atoms with E-state index in [4.69, 9.17) is 0 Å². The van der Waals surface area contributed by atoms with Gasteiger partial charge in [-0.05, 0) is 37.2 Å². The summed E-state index contributed by atoms with van der Waals surface area (Å²) in [6.45, 7) is 8.99. The summed E-state index contributed by atoms with van der Waals surface area (Å²) in [5, 5.41) is 21.6. The molecule has 168 valence electrons. The molecule has 0 radical (unpaired) electrons. The van der Waals surface area contributed by atoms with Gasteiger partial charge in [-0.15, -0.1) is 0 Å². The summed E-state index contributed by atoms with van der Waals surface area (Å²) in [6.07, 6.45) is 11.1. The number of nitrogens with zero attached hydrogens (tertiary/aromatic N) is 2. The Bertz CT molecular complexity index is 709. The largest absolute Gasteiger partial charge is 0.388 e. The number of aromatic nitrogens is 2. The summed E-state index contributed by atoms with van der Waals surface area (Å²) in [7, 11) is 0. The molecule has 4 heteroatoms. The Morgan fingerprint density at radius 2 is 1.70 bits per heavy atom. The SMILES string of the molecule is CC(C)CCCC(C)CCCC(C)(O)C(O)Cn1ccnc1CCc1ccccc1.